The third kappa shape index (κ3) is 5.34. The van der Waals surface area contributed by atoms with Crippen LogP contribution in [0, 0.1) is 5.82 Å². The Kier molecular flexibility index (Phi) is 7.01. The van der Waals surface area contributed by atoms with Crippen molar-refractivity contribution in [2.24, 2.45) is 0 Å². The van der Waals surface area contributed by atoms with Crippen molar-refractivity contribution in [3.63, 3.8) is 0 Å². The molecule has 144 valence electrons. The molecule has 0 fully saturated rings. The van der Waals surface area contributed by atoms with Gasteiger partial charge in [0.25, 0.3) is 0 Å². The summed E-state index contributed by atoms with van der Waals surface area (Å²) in [5, 5.41) is 2.65. The Bertz CT molecular complexity index is 844. The van der Waals surface area contributed by atoms with Crippen LogP contribution in [-0.2, 0) is 9.59 Å². The topological polar surface area (TPSA) is 67.9 Å². The highest BCUT2D eigenvalue weighted by molar-refractivity contribution is 6.31. The van der Waals surface area contributed by atoms with Crippen LogP contribution in [-0.4, -0.2) is 32.6 Å². The Balaban J connectivity index is 2.04. The number of methoxy groups -OCH3 is 2. The largest absolute Gasteiger partial charge is 0.493 e. The number of amides is 2. The summed E-state index contributed by atoms with van der Waals surface area (Å²) in [6.45, 7) is 1.49. The van der Waals surface area contributed by atoms with E-state index in [1.54, 1.807) is 18.2 Å². The zero-order chi connectivity index (χ0) is 20.0. The molecule has 0 spiro atoms. The number of ether oxygens (including phenoxy) is 2. The minimum Gasteiger partial charge on any atom is -0.493 e. The van der Waals surface area contributed by atoms with Gasteiger partial charge >= 0.3 is 0 Å². The van der Waals surface area contributed by atoms with Crippen molar-refractivity contribution in [1.82, 2.24) is 0 Å². The molecular formula is C19H20ClFN2O4. The number of hydrogen-bond acceptors (Lipinski definition) is 4. The maximum Gasteiger partial charge on any atom is 0.226 e. The van der Waals surface area contributed by atoms with E-state index in [2.05, 4.69) is 5.32 Å². The minimum absolute atomic E-state index is 0.0446. The highest BCUT2D eigenvalue weighted by Crippen LogP contribution is 2.30. The summed E-state index contributed by atoms with van der Waals surface area (Å²) in [6.07, 6.45) is 0.0446. The maximum atomic E-state index is 13.3. The van der Waals surface area contributed by atoms with Crippen LogP contribution in [0.15, 0.2) is 36.4 Å². The third-order valence-electron chi connectivity index (χ3n) is 3.82. The highest BCUT2D eigenvalue weighted by Gasteiger charge is 2.15. The van der Waals surface area contributed by atoms with Crippen LogP contribution in [0.2, 0.25) is 5.02 Å². The van der Waals surface area contributed by atoms with Gasteiger partial charge in [0.15, 0.2) is 11.5 Å². The number of nitrogens with zero attached hydrogens (tertiary/aromatic N) is 1. The summed E-state index contributed by atoms with van der Waals surface area (Å²) in [5.74, 6) is -0.110. The number of anilines is 2. The van der Waals surface area contributed by atoms with E-state index in [0.717, 1.165) is 0 Å². The predicted molar refractivity (Wildman–Crippen MR) is 102 cm³/mol. The summed E-state index contributed by atoms with van der Waals surface area (Å²) >= 11 is 5.77. The molecule has 2 aromatic rings. The zero-order valence-electron chi connectivity index (χ0n) is 15.2. The molecule has 2 amide bonds. The monoisotopic (exact) mass is 394 g/mol. The third-order valence-corrected chi connectivity index (χ3v) is 4.11. The molecular weight excluding hydrogens is 375 g/mol. The number of rotatable bonds is 7. The second-order valence-electron chi connectivity index (χ2n) is 5.64. The van der Waals surface area contributed by atoms with Gasteiger partial charge in [0, 0.05) is 37.3 Å². The molecule has 27 heavy (non-hydrogen) atoms. The van der Waals surface area contributed by atoms with Gasteiger partial charge in [0.05, 0.1) is 19.2 Å². The van der Waals surface area contributed by atoms with Crippen LogP contribution < -0.4 is 19.7 Å². The van der Waals surface area contributed by atoms with Crippen molar-refractivity contribution in [2.45, 2.75) is 13.3 Å². The van der Waals surface area contributed by atoms with Crippen LogP contribution in [0.5, 0.6) is 11.5 Å². The molecule has 0 aliphatic carbocycles. The van der Waals surface area contributed by atoms with Gasteiger partial charge in [0.2, 0.25) is 11.8 Å². The summed E-state index contributed by atoms with van der Waals surface area (Å²) in [4.78, 5) is 25.5. The van der Waals surface area contributed by atoms with E-state index in [9.17, 15) is 14.0 Å². The lowest BCUT2D eigenvalue weighted by Gasteiger charge is -2.21. The molecule has 0 heterocycles. The Morgan fingerprint density at radius 1 is 1.11 bits per heavy atom. The van der Waals surface area contributed by atoms with E-state index in [1.165, 1.54) is 44.2 Å². The molecule has 0 aliphatic rings. The van der Waals surface area contributed by atoms with Crippen LogP contribution >= 0.6 is 11.6 Å². The Labute approximate surface area is 161 Å². The molecule has 0 aromatic heterocycles. The van der Waals surface area contributed by atoms with E-state index in [1.807, 2.05) is 0 Å². The molecule has 2 rings (SSSR count). The number of carbonyl (C=O) groups excluding carboxylic acids is 2. The first-order valence-corrected chi connectivity index (χ1v) is 8.48. The average Bonchev–Trinajstić information content (AvgIpc) is 2.64. The lowest BCUT2D eigenvalue weighted by Crippen LogP contribution is -2.32. The quantitative estimate of drug-likeness (QED) is 0.773. The van der Waals surface area contributed by atoms with E-state index in [0.29, 0.717) is 22.9 Å². The summed E-state index contributed by atoms with van der Waals surface area (Å²) in [7, 11) is 3.02. The number of nitrogens with one attached hydrogen (secondary N) is 1. The van der Waals surface area contributed by atoms with Gasteiger partial charge in [-0.05, 0) is 30.3 Å². The van der Waals surface area contributed by atoms with Gasteiger partial charge in [0.1, 0.15) is 5.82 Å². The first-order chi connectivity index (χ1) is 12.8. The SMILES string of the molecule is COc1ccc(NC(=O)CCN(C(C)=O)c2ccc(F)c(Cl)c2)cc1OC. The number of benzene rings is 2. The minimum atomic E-state index is -0.574. The standard InChI is InChI=1S/C19H20ClFN2O4/c1-12(24)23(14-5-6-16(21)15(20)11-14)9-8-19(25)22-13-4-7-17(26-2)18(10-13)27-3/h4-7,10-11H,8-9H2,1-3H3,(H,22,25). The zero-order valence-corrected chi connectivity index (χ0v) is 16.0. The van der Waals surface area contributed by atoms with E-state index in [4.69, 9.17) is 21.1 Å². The number of halogens is 2. The van der Waals surface area contributed by atoms with Gasteiger partial charge in [-0.2, -0.15) is 0 Å². The highest BCUT2D eigenvalue weighted by atomic mass is 35.5. The summed E-state index contributed by atoms with van der Waals surface area (Å²) in [6, 6.07) is 8.97. The second-order valence-corrected chi connectivity index (χ2v) is 6.04. The molecule has 0 radical (unpaired) electrons. The van der Waals surface area contributed by atoms with Crippen molar-refractivity contribution in [1.29, 1.82) is 0 Å². The predicted octanol–water partition coefficient (Wildman–Crippen LogP) is 3.88. The molecule has 0 bridgehead atoms. The van der Waals surface area contributed by atoms with Gasteiger partial charge in [-0.1, -0.05) is 11.6 Å². The van der Waals surface area contributed by atoms with Crippen LogP contribution in [0.1, 0.15) is 13.3 Å². The second kappa shape index (κ2) is 9.23. The van der Waals surface area contributed by atoms with Gasteiger partial charge < -0.3 is 19.7 Å². The van der Waals surface area contributed by atoms with E-state index >= 15 is 0 Å². The molecule has 0 aliphatic heterocycles. The van der Waals surface area contributed by atoms with Gasteiger partial charge in [-0.25, -0.2) is 4.39 Å². The fraction of sp³-hybridized carbons (Fsp3) is 0.263. The van der Waals surface area contributed by atoms with Crippen LogP contribution in [0.4, 0.5) is 15.8 Å². The Morgan fingerprint density at radius 2 is 1.81 bits per heavy atom. The number of hydrogen-bond donors (Lipinski definition) is 1. The van der Waals surface area contributed by atoms with Crippen molar-refractivity contribution in [2.75, 3.05) is 31.0 Å². The average molecular weight is 395 g/mol. The van der Waals surface area contributed by atoms with Crippen molar-refractivity contribution >= 4 is 34.8 Å². The smallest absolute Gasteiger partial charge is 0.226 e. The molecule has 0 unspecified atom stereocenters. The van der Waals surface area contributed by atoms with Crippen LogP contribution in [0.25, 0.3) is 0 Å². The molecule has 0 atom stereocenters. The fourth-order valence-electron chi connectivity index (χ4n) is 2.47. The molecule has 0 saturated carbocycles. The van der Waals surface area contributed by atoms with Crippen LogP contribution in [0.3, 0.4) is 0 Å². The van der Waals surface area contributed by atoms with E-state index in [-0.39, 0.29) is 29.8 Å². The lowest BCUT2D eigenvalue weighted by atomic mass is 10.2. The molecule has 6 nitrogen and oxygen atoms in total. The fourth-order valence-corrected chi connectivity index (χ4v) is 2.65. The summed E-state index contributed by atoms with van der Waals surface area (Å²) < 4.78 is 23.7. The van der Waals surface area contributed by atoms with Gasteiger partial charge in [-0.3, -0.25) is 9.59 Å². The normalized spacial score (nSPS) is 10.3. The van der Waals surface area contributed by atoms with Crippen molar-refractivity contribution < 1.29 is 23.5 Å². The van der Waals surface area contributed by atoms with Crippen molar-refractivity contribution in [3.05, 3.63) is 47.2 Å². The first kappa shape index (κ1) is 20.5. The molecule has 8 heteroatoms. The van der Waals surface area contributed by atoms with Crippen molar-refractivity contribution in [3.8, 4) is 11.5 Å². The summed E-state index contributed by atoms with van der Waals surface area (Å²) in [5.41, 5.74) is 0.963. The molecule has 0 saturated heterocycles. The lowest BCUT2D eigenvalue weighted by molar-refractivity contribution is -0.117. The van der Waals surface area contributed by atoms with Gasteiger partial charge in [-0.15, -0.1) is 0 Å². The number of carbonyl (C=O) groups is 2. The molecule has 1 N–H and O–H groups in total. The van der Waals surface area contributed by atoms with E-state index < -0.39 is 5.82 Å². The Hall–Kier alpha value is -2.80. The first-order valence-electron chi connectivity index (χ1n) is 8.10. The maximum absolute atomic E-state index is 13.3. The molecule has 2 aromatic carbocycles. The Morgan fingerprint density at radius 3 is 2.41 bits per heavy atom.